The molecule has 1 aliphatic carbocycles. The number of ether oxygens (including phenoxy) is 1. The van der Waals surface area contributed by atoms with Crippen molar-refractivity contribution in [2.24, 2.45) is 16.7 Å². The van der Waals surface area contributed by atoms with Gasteiger partial charge in [-0.25, -0.2) is 0 Å². The van der Waals surface area contributed by atoms with Crippen molar-refractivity contribution in [1.82, 2.24) is 0 Å². The summed E-state index contributed by atoms with van der Waals surface area (Å²) in [6.45, 7) is 6.95. The summed E-state index contributed by atoms with van der Waals surface area (Å²) in [7, 11) is 0. The van der Waals surface area contributed by atoms with E-state index in [0.717, 1.165) is 22.8 Å². The van der Waals surface area contributed by atoms with Crippen LogP contribution in [0.3, 0.4) is 0 Å². The second-order valence-corrected chi connectivity index (χ2v) is 8.51. The van der Waals surface area contributed by atoms with E-state index in [2.05, 4.69) is 0 Å². The Balaban J connectivity index is 1.88. The zero-order chi connectivity index (χ0) is 21.6. The Morgan fingerprint density at radius 3 is 2.28 bits per heavy atom. The summed E-state index contributed by atoms with van der Waals surface area (Å²) in [5, 5.41) is -1.21. The summed E-state index contributed by atoms with van der Waals surface area (Å²) in [5.74, 6) is -0.845. The van der Waals surface area contributed by atoms with Crippen molar-refractivity contribution in [1.29, 1.82) is 0 Å². The van der Waals surface area contributed by atoms with Gasteiger partial charge in [-0.3, -0.25) is 4.79 Å². The number of halogens is 4. The fraction of sp³-hybridized carbons (Fsp3) is 0.348. The van der Waals surface area contributed by atoms with Crippen LogP contribution >= 0.6 is 11.6 Å². The van der Waals surface area contributed by atoms with E-state index in [1.54, 1.807) is 32.9 Å². The number of carbonyl (C=O) groups excluding carboxylic acids is 1. The van der Waals surface area contributed by atoms with Gasteiger partial charge >= 0.3 is 12.1 Å². The summed E-state index contributed by atoms with van der Waals surface area (Å²) >= 11 is 5.41. The van der Waals surface area contributed by atoms with E-state index in [9.17, 15) is 18.0 Å². The average molecular weight is 423 g/mol. The molecule has 6 heteroatoms. The highest BCUT2D eigenvalue weighted by molar-refractivity contribution is 6.30. The Morgan fingerprint density at radius 2 is 1.69 bits per heavy atom. The predicted molar refractivity (Wildman–Crippen MR) is 108 cm³/mol. The average Bonchev–Trinajstić information content (AvgIpc) is 3.09. The Hall–Kier alpha value is -2.27. The largest absolute Gasteiger partial charge is 0.426 e. The van der Waals surface area contributed by atoms with Gasteiger partial charge in [-0.2, -0.15) is 13.2 Å². The van der Waals surface area contributed by atoms with Crippen LogP contribution in [0.1, 0.15) is 26.3 Å². The van der Waals surface area contributed by atoms with Gasteiger partial charge in [0.2, 0.25) is 0 Å². The molecule has 29 heavy (non-hydrogen) atoms. The zero-order valence-corrected chi connectivity index (χ0v) is 17.4. The third-order valence-electron chi connectivity index (χ3n) is 6.23. The van der Waals surface area contributed by atoms with E-state index in [-0.39, 0.29) is 0 Å². The Bertz CT molecular complexity index is 964. The van der Waals surface area contributed by atoms with Crippen molar-refractivity contribution in [2.75, 3.05) is 0 Å². The smallest absolute Gasteiger partial charge is 0.426 e. The first-order valence-corrected chi connectivity index (χ1v) is 9.60. The van der Waals surface area contributed by atoms with Crippen molar-refractivity contribution in [2.45, 2.75) is 33.9 Å². The van der Waals surface area contributed by atoms with Crippen LogP contribution in [0, 0.1) is 23.7 Å². The Labute approximate surface area is 173 Å². The van der Waals surface area contributed by atoms with Crippen LogP contribution in [-0.4, -0.2) is 12.1 Å². The van der Waals surface area contributed by atoms with Crippen LogP contribution in [0.4, 0.5) is 13.2 Å². The van der Waals surface area contributed by atoms with Crippen LogP contribution in [0.25, 0.3) is 11.1 Å². The van der Waals surface area contributed by atoms with Gasteiger partial charge in [-0.05, 0) is 42.0 Å². The lowest BCUT2D eigenvalue weighted by Crippen LogP contribution is -2.24. The highest BCUT2D eigenvalue weighted by atomic mass is 35.5. The van der Waals surface area contributed by atoms with E-state index >= 15 is 0 Å². The number of benzene rings is 2. The quantitative estimate of drug-likeness (QED) is 0.395. The normalized spacial score (nSPS) is 23.6. The first-order chi connectivity index (χ1) is 13.4. The molecule has 0 aliphatic heterocycles. The molecule has 2 nitrogen and oxygen atoms in total. The molecule has 0 heterocycles. The molecule has 0 saturated heterocycles. The van der Waals surface area contributed by atoms with Crippen molar-refractivity contribution in [3.05, 3.63) is 65.2 Å². The third-order valence-corrected chi connectivity index (χ3v) is 6.57. The first kappa shape index (κ1) is 21.4. The lowest BCUT2D eigenvalue weighted by atomic mass is 9.98. The highest BCUT2D eigenvalue weighted by Gasteiger charge is 2.72. The first-order valence-electron chi connectivity index (χ1n) is 9.22. The summed E-state index contributed by atoms with van der Waals surface area (Å²) in [6.07, 6.45) is -3.71. The third kappa shape index (κ3) is 3.68. The van der Waals surface area contributed by atoms with E-state index in [1.807, 2.05) is 43.3 Å². The molecule has 0 aromatic heterocycles. The molecule has 0 amide bonds. The second kappa shape index (κ2) is 7.21. The number of carbonyl (C=O) groups is 1. The topological polar surface area (TPSA) is 26.3 Å². The van der Waals surface area contributed by atoms with Crippen LogP contribution in [0.5, 0.6) is 5.75 Å². The van der Waals surface area contributed by atoms with E-state index in [1.165, 1.54) is 0 Å². The van der Waals surface area contributed by atoms with E-state index < -0.39 is 33.9 Å². The summed E-state index contributed by atoms with van der Waals surface area (Å²) in [5.41, 5.74) is 0.884. The number of allylic oxidation sites excluding steroid dienone is 2. The van der Waals surface area contributed by atoms with Gasteiger partial charge in [0.15, 0.2) is 0 Å². The number of hydrogen-bond donors (Lipinski definition) is 0. The molecule has 154 valence electrons. The molecule has 0 unspecified atom stereocenters. The second-order valence-electron chi connectivity index (χ2n) is 8.10. The number of alkyl halides is 3. The lowest BCUT2D eigenvalue weighted by molar-refractivity contribution is -0.141. The summed E-state index contributed by atoms with van der Waals surface area (Å²) < 4.78 is 44.2. The maximum absolute atomic E-state index is 13.0. The van der Waals surface area contributed by atoms with Gasteiger partial charge in [-0.1, -0.05) is 74.0 Å². The zero-order valence-electron chi connectivity index (χ0n) is 16.6. The fourth-order valence-corrected chi connectivity index (χ4v) is 4.02. The molecule has 0 N–H and O–H groups in total. The van der Waals surface area contributed by atoms with Crippen molar-refractivity contribution in [3.63, 3.8) is 0 Å². The molecule has 1 fully saturated rings. The molecule has 0 spiro atoms. The van der Waals surface area contributed by atoms with Crippen LogP contribution in [0.2, 0.25) is 0 Å². The number of rotatable bonds is 4. The molecule has 1 aliphatic rings. The maximum Gasteiger partial charge on any atom is 0.426 e. The molecule has 2 aromatic carbocycles. The predicted octanol–water partition coefficient (Wildman–Crippen LogP) is 6.91. The van der Waals surface area contributed by atoms with Crippen molar-refractivity contribution >= 4 is 17.6 Å². The molecule has 2 aromatic rings. The lowest BCUT2D eigenvalue weighted by Gasteiger charge is -2.16. The molecule has 1 saturated carbocycles. The minimum atomic E-state index is -4.63. The van der Waals surface area contributed by atoms with Gasteiger partial charge in [0.05, 0.1) is 5.41 Å². The fourth-order valence-electron chi connectivity index (χ4n) is 3.89. The minimum absolute atomic E-state index is 0.393. The van der Waals surface area contributed by atoms with Crippen molar-refractivity contribution < 1.29 is 22.7 Å². The monoisotopic (exact) mass is 422 g/mol. The van der Waals surface area contributed by atoms with Crippen LogP contribution in [0.15, 0.2) is 59.6 Å². The molecule has 0 radical (unpaired) electrons. The molecular weight excluding hydrogens is 401 g/mol. The molecular formula is C23H22ClF3O2. The SMILES string of the molecule is Cc1c(OC(=O)[C@]2(C)[C@H](/C=C(\Cl)C(F)(F)F)C2(C)C)cccc1-c1ccccc1. The van der Waals surface area contributed by atoms with E-state index in [0.29, 0.717) is 5.75 Å². The van der Waals surface area contributed by atoms with Gasteiger partial charge in [0, 0.05) is 5.92 Å². The number of hydrogen-bond acceptors (Lipinski definition) is 2. The minimum Gasteiger partial charge on any atom is -0.426 e. The maximum atomic E-state index is 13.0. The van der Waals surface area contributed by atoms with Crippen molar-refractivity contribution in [3.8, 4) is 16.9 Å². The Morgan fingerprint density at radius 1 is 1.07 bits per heavy atom. The van der Waals surface area contributed by atoms with Gasteiger partial charge < -0.3 is 4.74 Å². The summed E-state index contributed by atoms with van der Waals surface area (Å²) in [4.78, 5) is 13.0. The van der Waals surface area contributed by atoms with Crippen LogP contribution < -0.4 is 4.74 Å². The van der Waals surface area contributed by atoms with E-state index in [4.69, 9.17) is 16.3 Å². The highest BCUT2D eigenvalue weighted by Crippen LogP contribution is 2.70. The molecule has 0 bridgehead atoms. The Kier molecular flexibility index (Phi) is 5.33. The molecule has 3 rings (SSSR count). The van der Waals surface area contributed by atoms with Gasteiger partial charge in [-0.15, -0.1) is 0 Å². The van der Waals surface area contributed by atoms with Gasteiger partial charge in [0.25, 0.3) is 0 Å². The molecule has 2 atom stereocenters. The van der Waals surface area contributed by atoms with Crippen LogP contribution in [-0.2, 0) is 4.79 Å². The van der Waals surface area contributed by atoms with Gasteiger partial charge in [0.1, 0.15) is 10.8 Å². The number of esters is 1. The standard InChI is InChI=1S/C23H22ClF3O2/c1-14-16(15-9-6-5-7-10-15)11-8-12-17(14)29-20(28)22(4)18(21(22,2)3)13-19(24)23(25,26)27/h5-13,18H,1-4H3/b19-13-/t18-,22+/m1/s1. The summed E-state index contributed by atoms with van der Waals surface area (Å²) in [6, 6.07) is 15.1.